The van der Waals surface area contributed by atoms with Crippen molar-refractivity contribution in [3.05, 3.63) is 28.7 Å². The second-order valence-corrected chi connectivity index (χ2v) is 2.41. The molecule has 0 fully saturated rings. The van der Waals surface area contributed by atoms with Gasteiger partial charge in [0.1, 0.15) is 0 Å². The smallest absolute Gasteiger partial charge is 0.547 e. The molecule has 1 rings (SSSR count). The van der Waals surface area contributed by atoms with Crippen LogP contribution >= 0.6 is 15.9 Å². The molecular weight excluding hydrogens is 194 g/mol. The molecular formula is C7H5BrLi2O. The zero-order valence-electron chi connectivity index (χ0n) is 6.94. The normalized spacial score (nSPS) is 7.45. The number of ether oxygens (including phenoxy) is 1. The van der Waals surface area contributed by atoms with Gasteiger partial charge in [0.2, 0.25) is 0 Å². The van der Waals surface area contributed by atoms with Gasteiger partial charge in [-0.15, -0.1) is 5.75 Å². The Morgan fingerprint density at radius 1 is 1.27 bits per heavy atom. The summed E-state index contributed by atoms with van der Waals surface area (Å²) in [5.74, 6) is 0.637. The van der Waals surface area contributed by atoms with Crippen molar-refractivity contribution in [1.29, 1.82) is 0 Å². The summed E-state index contributed by atoms with van der Waals surface area (Å²) in [6, 6.07) is 9.30. The maximum absolute atomic E-state index is 4.84. The van der Waals surface area contributed by atoms with E-state index in [1.807, 2.05) is 0 Å². The molecule has 0 saturated heterocycles. The average Bonchev–Trinajstić information content (AvgIpc) is 1.90. The van der Waals surface area contributed by atoms with Crippen LogP contribution in [0.4, 0.5) is 0 Å². The Bertz CT molecular complexity index is 188. The van der Waals surface area contributed by atoms with Crippen molar-refractivity contribution in [2.24, 2.45) is 0 Å². The molecule has 0 aliphatic rings. The van der Waals surface area contributed by atoms with Crippen molar-refractivity contribution < 1.29 is 42.5 Å². The summed E-state index contributed by atoms with van der Waals surface area (Å²) in [7, 11) is 1.59. The predicted octanol–water partition coefficient (Wildman–Crippen LogP) is -3.93. The molecule has 1 aromatic rings. The summed E-state index contributed by atoms with van der Waals surface area (Å²) in [6.07, 6.45) is 0. The summed E-state index contributed by atoms with van der Waals surface area (Å²) < 4.78 is 5.80. The number of methoxy groups -OCH3 is 1. The van der Waals surface area contributed by atoms with Crippen LogP contribution in [-0.2, 0) is 0 Å². The van der Waals surface area contributed by atoms with E-state index in [-0.39, 0.29) is 37.7 Å². The molecule has 0 radical (unpaired) electrons. The first kappa shape index (κ1) is 14.2. The Hall–Kier alpha value is 0.695. The first-order valence-electron chi connectivity index (χ1n) is 2.46. The van der Waals surface area contributed by atoms with Crippen LogP contribution in [0.3, 0.4) is 0 Å². The van der Waals surface area contributed by atoms with Crippen molar-refractivity contribution in [1.82, 2.24) is 0 Å². The minimum atomic E-state index is 0. The molecule has 0 unspecified atom stereocenters. The Balaban J connectivity index is 0. The quantitative estimate of drug-likeness (QED) is 0.331. The van der Waals surface area contributed by atoms with Gasteiger partial charge in [0.15, 0.2) is 0 Å². The monoisotopic (exact) mass is 198 g/mol. The van der Waals surface area contributed by atoms with Gasteiger partial charge in [-0.05, 0) is 0 Å². The van der Waals surface area contributed by atoms with E-state index in [0.717, 1.165) is 4.47 Å². The number of halogens is 1. The molecule has 0 saturated carbocycles. The van der Waals surface area contributed by atoms with Gasteiger partial charge in [-0.3, -0.25) is 12.1 Å². The van der Waals surface area contributed by atoms with Crippen LogP contribution in [0.25, 0.3) is 0 Å². The molecule has 0 bridgehead atoms. The van der Waals surface area contributed by atoms with Crippen LogP contribution in [0.15, 0.2) is 16.6 Å². The third kappa shape index (κ3) is 5.02. The largest absolute Gasteiger partial charge is 1.00 e. The van der Waals surface area contributed by atoms with Crippen LogP contribution in [0.5, 0.6) is 5.75 Å². The van der Waals surface area contributed by atoms with E-state index in [0.29, 0.717) is 5.75 Å². The second-order valence-electron chi connectivity index (χ2n) is 1.50. The summed E-state index contributed by atoms with van der Waals surface area (Å²) in [5.41, 5.74) is 0. The second kappa shape index (κ2) is 7.35. The molecule has 0 amide bonds. The maximum atomic E-state index is 4.84. The Labute approximate surface area is 99.4 Å². The molecule has 0 N–H and O–H groups in total. The predicted molar refractivity (Wildman–Crippen MR) is 38.4 cm³/mol. The third-order valence-corrected chi connectivity index (χ3v) is 1.34. The molecule has 48 valence electrons. The van der Waals surface area contributed by atoms with Crippen molar-refractivity contribution in [3.8, 4) is 5.75 Å². The maximum Gasteiger partial charge on any atom is 1.00 e. The van der Waals surface area contributed by atoms with Crippen LogP contribution in [-0.4, -0.2) is 7.11 Å². The fourth-order valence-electron chi connectivity index (χ4n) is 0.470. The average molecular weight is 199 g/mol. The molecule has 0 aliphatic carbocycles. The van der Waals surface area contributed by atoms with Crippen LogP contribution in [0.2, 0.25) is 0 Å². The first-order chi connectivity index (χ1) is 4.33. The third-order valence-electron chi connectivity index (χ3n) is 0.886. The molecule has 1 aromatic carbocycles. The molecule has 0 aliphatic heterocycles. The van der Waals surface area contributed by atoms with E-state index in [1.165, 1.54) is 0 Å². The van der Waals surface area contributed by atoms with Crippen LogP contribution in [0, 0.1) is 12.1 Å². The number of hydrogen-bond donors (Lipinski definition) is 0. The van der Waals surface area contributed by atoms with E-state index >= 15 is 0 Å². The zero-order valence-corrected chi connectivity index (χ0v) is 8.53. The van der Waals surface area contributed by atoms with Gasteiger partial charge in [0.05, 0.1) is 7.11 Å². The van der Waals surface area contributed by atoms with Crippen molar-refractivity contribution in [2.75, 3.05) is 7.11 Å². The fourth-order valence-corrected chi connectivity index (χ4v) is 0.699. The summed E-state index contributed by atoms with van der Waals surface area (Å²) in [4.78, 5) is 0. The minimum Gasteiger partial charge on any atom is -0.547 e. The molecule has 1 nitrogen and oxygen atoms in total. The van der Waals surface area contributed by atoms with Crippen LogP contribution < -0.4 is 42.5 Å². The molecule has 0 heterocycles. The number of benzene rings is 1. The molecule has 0 aromatic heterocycles. The van der Waals surface area contributed by atoms with Crippen molar-refractivity contribution in [2.45, 2.75) is 0 Å². The summed E-state index contributed by atoms with van der Waals surface area (Å²) in [6.45, 7) is 0. The zero-order chi connectivity index (χ0) is 6.69. The van der Waals surface area contributed by atoms with E-state index in [9.17, 15) is 0 Å². The Morgan fingerprint density at radius 2 is 1.73 bits per heavy atom. The minimum absolute atomic E-state index is 0. The van der Waals surface area contributed by atoms with Gasteiger partial charge in [-0.25, -0.2) is 20.4 Å². The van der Waals surface area contributed by atoms with Gasteiger partial charge in [0, 0.05) is 0 Å². The molecule has 0 spiro atoms. The first-order valence-corrected chi connectivity index (χ1v) is 3.25. The molecule has 11 heavy (non-hydrogen) atoms. The fraction of sp³-hybridized carbons (Fsp3) is 0.143. The van der Waals surface area contributed by atoms with Gasteiger partial charge >= 0.3 is 37.7 Å². The summed E-state index contributed by atoms with van der Waals surface area (Å²) in [5, 5.41) is 0. The number of rotatable bonds is 1. The SMILES string of the molecule is COc1[c-]cc(Br)c[c-]1.[Li+].[Li+]. The van der Waals surface area contributed by atoms with Crippen LogP contribution in [0.1, 0.15) is 0 Å². The van der Waals surface area contributed by atoms with Gasteiger partial charge in [-0.1, -0.05) is 0 Å². The molecule has 0 atom stereocenters. The van der Waals surface area contributed by atoms with Gasteiger partial charge in [-0.2, -0.15) is 0 Å². The Morgan fingerprint density at radius 3 is 2.09 bits per heavy atom. The van der Waals surface area contributed by atoms with E-state index in [2.05, 4.69) is 28.1 Å². The molecule has 4 heteroatoms. The van der Waals surface area contributed by atoms with E-state index in [1.54, 1.807) is 19.2 Å². The van der Waals surface area contributed by atoms with E-state index < -0.39 is 0 Å². The topological polar surface area (TPSA) is 9.23 Å². The van der Waals surface area contributed by atoms with E-state index in [4.69, 9.17) is 4.74 Å². The Kier molecular flexibility index (Phi) is 9.51. The standard InChI is InChI=1S/C7H5BrO.2Li/c1-9-7-4-2-6(8)3-5-7;;/h2-3H,1H3;;/q-2;2*+1. The number of hydrogen-bond acceptors (Lipinski definition) is 1. The van der Waals surface area contributed by atoms with Gasteiger partial charge in [0.25, 0.3) is 0 Å². The van der Waals surface area contributed by atoms with Crippen molar-refractivity contribution in [3.63, 3.8) is 0 Å². The van der Waals surface area contributed by atoms with Gasteiger partial charge < -0.3 is 16.9 Å². The summed E-state index contributed by atoms with van der Waals surface area (Å²) >= 11 is 3.26. The van der Waals surface area contributed by atoms with Crippen molar-refractivity contribution >= 4 is 15.9 Å².